The van der Waals surface area contributed by atoms with E-state index in [-0.39, 0.29) is 0 Å². The van der Waals surface area contributed by atoms with Gasteiger partial charge in [-0.2, -0.15) is 0 Å². The molecule has 1 unspecified atom stereocenters. The monoisotopic (exact) mass is 279 g/mol. The van der Waals surface area contributed by atoms with Gasteiger partial charge < -0.3 is 15.2 Å². The van der Waals surface area contributed by atoms with Crippen LogP contribution >= 0.6 is 0 Å². The molecular weight excluding hydrogens is 254 g/mol. The maximum absolute atomic E-state index is 11.6. The smallest absolute Gasteiger partial charge is 0.340 e. The largest absolute Gasteiger partial charge is 0.491 e. The average Bonchev–Trinajstić information content (AvgIpc) is 2.48. The fourth-order valence-electron chi connectivity index (χ4n) is 2.06. The first-order chi connectivity index (χ1) is 9.63. The van der Waals surface area contributed by atoms with Gasteiger partial charge in [0.05, 0.1) is 25.0 Å². The summed E-state index contributed by atoms with van der Waals surface area (Å²) >= 11 is 0. The Morgan fingerprint density at radius 2 is 2.10 bits per heavy atom. The van der Waals surface area contributed by atoms with Crippen LogP contribution in [-0.4, -0.2) is 19.7 Å². The van der Waals surface area contributed by atoms with Crippen LogP contribution in [0.1, 0.15) is 49.9 Å². The highest BCUT2D eigenvalue weighted by Gasteiger charge is 2.14. The van der Waals surface area contributed by atoms with Crippen molar-refractivity contribution in [3.63, 3.8) is 0 Å². The van der Waals surface area contributed by atoms with Crippen LogP contribution in [0.15, 0.2) is 18.2 Å². The topological polar surface area (TPSA) is 61.5 Å². The Labute approximate surface area is 121 Å². The molecule has 0 aliphatic heterocycles. The number of nitrogen functional groups attached to an aromatic ring is 1. The molecule has 112 valence electrons. The predicted molar refractivity (Wildman–Crippen MR) is 81.0 cm³/mol. The highest BCUT2D eigenvalue weighted by atomic mass is 16.5. The summed E-state index contributed by atoms with van der Waals surface area (Å²) in [5.74, 6) is 0.643. The van der Waals surface area contributed by atoms with Crippen LogP contribution in [0.2, 0.25) is 0 Å². The molecule has 0 radical (unpaired) electrons. The molecule has 1 rings (SSSR count). The number of carbonyl (C=O) groups is 1. The van der Waals surface area contributed by atoms with Crippen molar-refractivity contribution in [3.05, 3.63) is 23.8 Å². The Balaban J connectivity index is 2.70. The number of methoxy groups -OCH3 is 1. The first kappa shape index (κ1) is 16.3. The maximum atomic E-state index is 11.6. The molecule has 4 heteroatoms. The van der Waals surface area contributed by atoms with Crippen LogP contribution in [-0.2, 0) is 4.74 Å². The second-order valence-corrected chi connectivity index (χ2v) is 4.94. The summed E-state index contributed by atoms with van der Waals surface area (Å²) in [5, 5.41) is 0. The Bertz CT molecular complexity index is 432. The molecule has 1 atom stereocenters. The van der Waals surface area contributed by atoms with Crippen molar-refractivity contribution < 1.29 is 14.3 Å². The lowest BCUT2D eigenvalue weighted by Crippen LogP contribution is -2.13. The van der Waals surface area contributed by atoms with Gasteiger partial charge in [0.2, 0.25) is 0 Å². The lowest BCUT2D eigenvalue weighted by molar-refractivity contribution is 0.0601. The van der Waals surface area contributed by atoms with Crippen LogP contribution in [0, 0.1) is 5.92 Å². The molecule has 0 fully saturated rings. The first-order valence-corrected chi connectivity index (χ1v) is 7.23. The third-order valence-electron chi connectivity index (χ3n) is 3.49. The van der Waals surface area contributed by atoms with E-state index in [2.05, 4.69) is 13.8 Å². The molecule has 1 aromatic carbocycles. The highest BCUT2D eigenvalue weighted by molar-refractivity contribution is 5.96. The maximum Gasteiger partial charge on any atom is 0.340 e. The zero-order valence-electron chi connectivity index (χ0n) is 12.6. The van der Waals surface area contributed by atoms with E-state index in [0.717, 1.165) is 12.8 Å². The average molecular weight is 279 g/mol. The molecule has 0 aliphatic carbocycles. The molecule has 0 aliphatic rings. The number of ether oxygens (including phenoxy) is 2. The Hall–Kier alpha value is -1.71. The van der Waals surface area contributed by atoms with E-state index >= 15 is 0 Å². The number of benzene rings is 1. The fourth-order valence-corrected chi connectivity index (χ4v) is 2.06. The molecule has 0 saturated carbocycles. The van der Waals surface area contributed by atoms with Crippen molar-refractivity contribution in [3.8, 4) is 5.75 Å². The van der Waals surface area contributed by atoms with E-state index < -0.39 is 5.97 Å². The zero-order valence-corrected chi connectivity index (χ0v) is 12.6. The van der Waals surface area contributed by atoms with Gasteiger partial charge >= 0.3 is 5.97 Å². The third kappa shape index (κ3) is 4.44. The lowest BCUT2D eigenvalue weighted by atomic mass is 10.0. The van der Waals surface area contributed by atoms with Crippen molar-refractivity contribution in [2.24, 2.45) is 5.92 Å². The van der Waals surface area contributed by atoms with Gasteiger partial charge in [-0.3, -0.25) is 0 Å². The second kappa shape index (κ2) is 8.46. The number of unbranched alkanes of at least 4 members (excludes halogenated alkanes) is 1. The van der Waals surface area contributed by atoms with Crippen LogP contribution in [0.25, 0.3) is 0 Å². The van der Waals surface area contributed by atoms with Gasteiger partial charge in [0.1, 0.15) is 5.75 Å². The molecule has 0 bridgehead atoms. The molecule has 0 spiro atoms. The Morgan fingerprint density at radius 1 is 1.35 bits per heavy atom. The standard InChI is InChI=1S/C16H25NO3/c1-4-6-8-12(5-2)11-20-14-10-7-9-13(15(14)17)16(18)19-3/h7,9-10,12H,4-6,8,11,17H2,1-3H3. The second-order valence-electron chi connectivity index (χ2n) is 4.94. The molecule has 0 amide bonds. The van der Waals surface area contributed by atoms with Gasteiger partial charge in [-0.1, -0.05) is 39.2 Å². The Morgan fingerprint density at radius 3 is 2.70 bits per heavy atom. The summed E-state index contributed by atoms with van der Waals surface area (Å²) in [6.45, 7) is 4.98. The fraction of sp³-hybridized carbons (Fsp3) is 0.562. The molecular formula is C16H25NO3. The quantitative estimate of drug-likeness (QED) is 0.583. The van der Waals surface area contributed by atoms with E-state index in [4.69, 9.17) is 15.2 Å². The third-order valence-corrected chi connectivity index (χ3v) is 3.49. The normalized spacial score (nSPS) is 11.9. The van der Waals surface area contributed by atoms with Crippen molar-refractivity contribution in [1.82, 2.24) is 0 Å². The number of esters is 1. The summed E-state index contributed by atoms with van der Waals surface area (Å²) in [4.78, 5) is 11.6. The Kier molecular flexibility index (Phi) is 6.91. The van der Waals surface area contributed by atoms with Crippen molar-refractivity contribution in [1.29, 1.82) is 0 Å². The van der Waals surface area contributed by atoms with Crippen molar-refractivity contribution in [2.75, 3.05) is 19.5 Å². The molecule has 0 aromatic heterocycles. The minimum atomic E-state index is -0.439. The predicted octanol–water partition coefficient (Wildman–Crippen LogP) is 3.65. The van der Waals surface area contributed by atoms with Crippen LogP contribution in [0.4, 0.5) is 5.69 Å². The highest BCUT2D eigenvalue weighted by Crippen LogP contribution is 2.27. The molecule has 0 saturated heterocycles. The molecule has 1 aromatic rings. The van der Waals surface area contributed by atoms with Gasteiger partial charge in [0.25, 0.3) is 0 Å². The van der Waals surface area contributed by atoms with Crippen LogP contribution in [0.3, 0.4) is 0 Å². The number of carbonyl (C=O) groups excluding carboxylic acids is 1. The summed E-state index contributed by atoms with van der Waals surface area (Å²) in [7, 11) is 1.34. The van der Waals surface area contributed by atoms with Gasteiger partial charge in [-0.15, -0.1) is 0 Å². The minimum absolute atomic E-state index is 0.352. The van der Waals surface area contributed by atoms with Gasteiger partial charge in [-0.05, 0) is 24.5 Å². The van der Waals surface area contributed by atoms with Crippen molar-refractivity contribution >= 4 is 11.7 Å². The van der Waals surface area contributed by atoms with Gasteiger partial charge in [0, 0.05) is 0 Å². The summed E-state index contributed by atoms with van der Waals surface area (Å²) in [5.41, 5.74) is 6.67. The summed E-state index contributed by atoms with van der Waals surface area (Å²) in [6, 6.07) is 5.18. The van der Waals surface area contributed by atoms with Gasteiger partial charge in [0.15, 0.2) is 0 Å². The van der Waals surface area contributed by atoms with Crippen molar-refractivity contribution in [2.45, 2.75) is 39.5 Å². The van der Waals surface area contributed by atoms with Crippen LogP contribution in [0.5, 0.6) is 5.75 Å². The molecule has 0 heterocycles. The number of anilines is 1. The molecule has 2 N–H and O–H groups in total. The van der Waals surface area contributed by atoms with Crippen LogP contribution < -0.4 is 10.5 Å². The minimum Gasteiger partial charge on any atom is -0.491 e. The number of hydrogen-bond acceptors (Lipinski definition) is 4. The van der Waals surface area contributed by atoms with E-state index in [1.54, 1.807) is 18.2 Å². The number of para-hydroxylation sites is 1. The summed E-state index contributed by atoms with van der Waals surface area (Å²) < 4.78 is 10.5. The zero-order chi connectivity index (χ0) is 15.0. The summed E-state index contributed by atoms with van der Waals surface area (Å²) in [6.07, 6.45) is 4.64. The van der Waals surface area contributed by atoms with E-state index in [9.17, 15) is 4.79 Å². The van der Waals surface area contributed by atoms with E-state index in [0.29, 0.717) is 29.5 Å². The number of rotatable bonds is 8. The SMILES string of the molecule is CCCCC(CC)COc1cccc(C(=O)OC)c1N. The molecule has 20 heavy (non-hydrogen) atoms. The van der Waals surface area contributed by atoms with Gasteiger partial charge in [-0.25, -0.2) is 4.79 Å². The van der Waals surface area contributed by atoms with E-state index in [1.807, 2.05) is 0 Å². The molecule has 4 nitrogen and oxygen atoms in total. The lowest BCUT2D eigenvalue weighted by Gasteiger charge is -2.17. The van der Waals surface area contributed by atoms with E-state index in [1.165, 1.54) is 20.0 Å². The first-order valence-electron chi connectivity index (χ1n) is 7.23. The number of hydrogen-bond donors (Lipinski definition) is 1. The number of nitrogens with two attached hydrogens (primary N) is 1.